The molecule has 2 heterocycles. The zero-order valence-electron chi connectivity index (χ0n) is 14.5. The lowest BCUT2D eigenvalue weighted by Crippen LogP contribution is -2.49. The average molecular weight is 363 g/mol. The topological polar surface area (TPSA) is 44.8 Å². The van der Waals surface area contributed by atoms with Gasteiger partial charge in [0.15, 0.2) is 5.78 Å². The molecule has 24 heavy (non-hydrogen) atoms. The molecule has 2 saturated heterocycles. The van der Waals surface area contributed by atoms with E-state index in [0.29, 0.717) is 32.0 Å². The minimum absolute atomic E-state index is 0.0973. The van der Waals surface area contributed by atoms with Crippen molar-refractivity contribution in [2.24, 2.45) is 23.7 Å². The number of carbonyl (C=O) groups excluding carboxylic acids is 1. The molecule has 0 aromatic carbocycles. The van der Waals surface area contributed by atoms with Crippen LogP contribution >= 0.6 is 11.6 Å². The molecule has 3 fully saturated rings. The minimum Gasteiger partial charge on any atom is -0.377 e. The minimum atomic E-state index is -1.15. The lowest BCUT2D eigenvalue weighted by Gasteiger charge is -2.39. The molecule has 0 amide bonds. The summed E-state index contributed by atoms with van der Waals surface area (Å²) in [4.78, 5) is 12.6. The molecule has 2 aliphatic heterocycles. The van der Waals surface area contributed by atoms with Gasteiger partial charge in [0.05, 0.1) is 24.7 Å². The third-order valence-electron chi connectivity index (χ3n) is 5.75. The Morgan fingerprint density at radius 2 is 1.71 bits per heavy atom. The van der Waals surface area contributed by atoms with Gasteiger partial charge in [0.1, 0.15) is 6.17 Å². The molecule has 3 aliphatic rings. The van der Waals surface area contributed by atoms with Crippen LogP contribution in [0.4, 0.5) is 4.39 Å². The van der Waals surface area contributed by atoms with Crippen molar-refractivity contribution in [1.29, 1.82) is 0 Å². The molecule has 0 bridgehead atoms. The molecule has 4 nitrogen and oxygen atoms in total. The van der Waals surface area contributed by atoms with Gasteiger partial charge in [-0.05, 0) is 37.5 Å². The van der Waals surface area contributed by atoms with E-state index in [-0.39, 0.29) is 23.7 Å². The summed E-state index contributed by atoms with van der Waals surface area (Å²) >= 11 is 6.18. The Hall–Kier alpha value is -0.230. The summed E-state index contributed by atoms with van der Waals surface area (Å²) in [5.74, 6) is -0.0648. The number of carbonyl (C=O) groups is 1. The molecule has 1 saturated carbocycles. The van der Waals surface area contributed by atoms with E-state index in [4.69, 9.17) is 25.8 Å². The third-order valence-corrected chi connectivity index (χ3v) is 6.30. The van der Waals surface area contributed by atoms with Crippen LogP contribution in [0.2, 0.25) is 0 Å². The number of ketones is 1. The van der Waals surface area contributed by atoms with Crippen molar-refractivity contribution in [1.82, 2.24) is 0 Å². The van der Waals surface area contributed by atoms with E-state index in [9.17, 15) is 9.18 Å². The summed E-state index contributed by atoms with van der Waals surface area (Å²) in [5.41, 5.74) is 0. The van der Waals surface area contributed by atoms with Crippen LogP contribution < -0.4 is 0 Å². The van der Waals surface area contributed by atoms with Gasteiger partial charge in [0, 0.05) is 18.4 Å². The highest BCUT2D eigenvalue weighted by Crippen LogP contribution is 2.37. The number of rotatable bonds is 3. The Kier molecular flexibility index (Phi) is 6.17. The van der Waals surface area contributed by atoms with Crippen molar-refractivity contribution in [3.05, 3.63) is 0 Å². The highest BCUT2D eigenvalue weighted by atomic mass is 35.5. The lowest BCUT2D eigenvalue weighted by atomic mass is 9.79. The molecule has 0 spiro atoms. The monoisotopic (exact) mass is 362 g/mol. The van der Waals surface area contributed by atoms with Gasteiger partial charge in [-0.15, -0.1) is 11.6 Å². The summed E-state index contributed by atoms with van der Waals surface area (Å²) < 4.78 is 31.3. The molecule has 6 heteroatoms. The van der Waals surface area contributed by atoms with Gasteiger partial charge in [-0.2, -0.15) is 0 Å². The highest BCUT2D eigenvalue weighted by molar-refractivity contribution is 6.22. The lowest BCUT2D eigenvalue weighted by molar-refractivity contribution is -0.222. The molecule has 0 aromatic heterocycles. The second-order valence-corrected chi connectivity index (χ2v) is 8.27. The fraction of sp³-hybridized carbons (Fsp3) is 0.944. The Morgan fingerprint density at radius 3 is 2.33 bits per heavy atom. The molecular weight excluding hydrogens is 335 g/mol. The SMILES string of the molecule is CC1CCC(C2COC(C(=O)C3CCC(C)C(F)C3Cl)OC2)OC1. The molecule has 138 valence electrons. The molecule has 1 aliphatic carbocycles. The van der Waals surface area contributed by atoms with E-state index in [0.717, 1.165) is 19.4 Å². The maximum atomic E-state index is 14.1. The largest absolute Gasteiger partial charge is 0.377 e. The molecule has 6 unspecified atom stereocenters. The summed E-state index contributed by atoms with van der Waals surface area (Å²) in [5, 5.41) is -0.783. The first-order chi connectivity index (χ1) is 11.5. The number of hydrogen-bond donors (Lipinski definition) is 0. The zero-order chi connectivity index (χ0) is 17.3. The molecule has 0 radical (unpaired) electrons. The molecule has 6 atom stereocenters. The third kappa shape index (κ3) is 3.95. The first kappa shape index (κ1) is 18.6. The van der Waals surface area contributed by atoms with Gasteiger partial charge in [-0.1, -0.05) is 13.8 Å². The maximum absolute atomic E-state index is 14.1. The van der Waals surface area contributed by atoms with Gasteiger partial charge in [-0.25, -0.2) is 4.39 Å². The normalized spacial score (nSPS) is 47.3. The molecule has 0 aromatic rings. The van der Waals surface area contributed by atoms with E-state index in [1.54, 1.807) is 0 Å². The van der Waals surface area contributed by atoms with E-state index < -0.39 is 23.8 Å². The van der Waals surface area contributed by atoms with Crippen LogP contribution in [0.5, 0.6) is 0 Å². The second-order valence-electron chi connectivity index (χ2n) is 7.77. The van der Waals surface area contributed by atoms with Crippen molar-refractivity contribution in [2.45, 2.75) is 63.5 Å². The molecular formula is C18H28ClFO4. The van der Waals surface area contributed by atoms with Gasteiger partial charge in [-0.3, -0.25) is 4.79 Å². The maximum Gasteiger partial charge on any atom is 0.218 e. The first-order valence-electron chi connectivity index (χ1n) is 9.14. The van der Waals surface area contributed by atoms with Gasteiger partial charge < -0.3 is 14.2 Å². The summed E-state index contributed by atoms with van der Waals surface area (Å²) in [6.45, 7) is 5.69. The van der Waals surface area contributed by atoms with Crippen molar-refractivity contribution in [3.63, 3.8) is 0 Å². The predicted molar refractivity (Wildman–Crippen MR) is 88.8 cm³/mol. The average Bonchev–Trinajstić information content (AvgIpc) is 2.60. The summed E-state index contributed by atoms with van der Waals surface area (Å²) in [6.07, 6.45) is 1.51. The van der Waals surface area contributed by atoms with Gasteiger partial charge >= 0.3 is 0 Å². The number of alkyl halides is 2. The van der Waals surface area contributed by atoms with E-state index in [1.807, 2.05) is 6.92 Å². The Labute approximate surface area is 148 Å². The van der Waals surface area contributed by atoms with E-state index >= 15 is 0 Å². The second kappa shape index (κ2) is 7.98. The molecule has 3 rings (SSSR count). The molecule has 0 N–H and O–H groups in total. The number of hydrogen-bond acceptors (Lipinski definition) is 4. The fourth-order valence-corrected chi connectivity index (χ4v) is 4.44. The zero-order valence-corrected chi connectivity index (χ0v) is 15.2. The Morgan fingerprint density at radius 1 is 1.00 bits per heavy atom. The van der Waals surface area contributed by atoms with Crippen LogP contribution in [-0.4, -0.2) is 49.5 Å². The van der Waals surface area contributed by atoms with Gasteiger partial charge in [0.2, 0.25) is 6.29 Å². The predicted octanol–water partition coefficient (Wildman–Crippen LogP) is 3.35. The van der Waals surface area contributed by atoms with Crippen LogP contribution in [0.15, 0.2) is 0 Å². The summed E-state index contributed by atoms with van der Waals surface area (Å²) in [7, 11) is 0. The van der Waals surface area contributed by atoms with Crippen LogP contribution in [-0.2, 0) is 19.0 Å². The number of ether oxygens (including phenoxy) is 3. The smallest absolute Gasteiger partial charge is 0.218 e. The van der Waals surface area contributed by atoms with Crippen LogP contribution in [0, 0.1) is 23.7 Å². The standard InChI is InChI=1S/C18H28ClFO4/c1-10-3-6-14(22-7-10)12-8-23-18(24-9-12)17(21)13-5-4-11(2)16(20)15(13)19/h10-16,18H,3-9H2,1-2H3. The Balaban J connectivity index is 1.50. The van der Waals surface area contributed by atoms with Crippen molar-refractivity contribution < 1.29 is 23.4 Å². The number of halogens is 2. The summed E-state index contributed by atoms with van der Waals surface area (Å²) in [6, 6.07) is 0. The highest BCUT2D eigenvalue weighted by Gasteiger charge is 2.44. The van der Waals surface area contributed by atoms with Crippen molar-refractivity contribution in [2.75, 3.05) is 19.8 Å². The van der Waals surface area contributed by atoms with Crippen molar-refractivity contribution in [3.8, 4) is 0 Å². The number of Topliss-reactive ketones (excluding diaryl/α,β-unsaturated/α-hetero) is 1. The van der Waals surface area contributed by atoms with Crippen molar-refractivity contribution >= 4 is 17.4 Å². The van der Waals surface area contributed by atoms with E-state index in [1.165, 1.54) is 0 Å². The van der Waals surface area contributed by atoms with E-state index in [2.05, 4.69) is 6.92 Å². The van der Waals surface area contributed by atoms with Crippen LogP contribution in [0.25, 0.3) is 0 Å². The fourth-order valence-electron chi connectivity index (χ4n) is 3.94. The van der Waals surface area contributed by atoms with Crippen LogP contribution in [0.1, 0.15) is 39.5 Å². The Bertz CT molecular complexity index is 433. The first-order valence-corrected chi connectivity index (χ1v) is 9.57. The quantitative estimate of drug-likeness (QED) is 0.722. The van der Waals surface area contributed by atoms with Gasteiger partial charge in [0.25, 0.3) is 0 Å². The van der Waals surface area contributed by atoms with Crippen LogP contribution in [0.3, 0.4) is 0 Å².